The van der Waals surface area contributed by atoms with Crippen LogP contribution in [-0.4, -0.2) is 23.2 Å². The molecule has 0 aliphatic heterocycles. The molecule has 0 aliphatic carbocycles. The van der Waals surface area contributed by atoms with E-state index in [0.717, 1.165) is 35.9 Å². The Morgan fingerprint density at radius 1 is 1.27 bits per heavy atom. The average Bonchev–Trinajstić information content (AvgIpc) is 2.47. The maximum atomic E-state index is 12.1. The number of benzene rings is 1. The molecule has 2 aromatic rings. The van der Waals surface area contributed by atoms with Crippen molar-refractivity contribution >= 4 is 10.9 Å². The molecule has 1 heterocycles. The molecule has 1 aromatic carbocycles. The SMILES string of the molecule is CC(C)CC(CCO)CNCc1cc2ccccc2[nH]c1=O. The summed E-state index contributed by atoms with van der Waals surface area (Å²) in [6.45, 7) is 5.98. The molecule has 1 aromatic heterocycles. The van der Waals surface area contributed by atoms with E-state index in [9.17, 15) is 4.79 Å². The standard InChI is InChI=1S/C18H26N2O2/c1-13(2)9-14(7-8-21)11-19-12-16-10-15-5-3-4-6-17(15)20-18(16)22/h3-6,10,13-14,19,21H,7-9,11-12H2,1-2H3,(H,20,22). The van der Waals surface area contributed by atoms with Gasteiger partial charge in [-0.3, -0.25) is 4.79 Å². The lowest BCUT2D eigenvalue weighted by atomic mass is 9.94. The molecule has 0 saturated carbocycles. The van der Waals surface area contributed by atoms with Gasteiger partial charge in [-0.25, -0.2) is 0 Å². The third-order valence-electron chi connectivity index (χ3n) is 3.92. The van der Waals surface area contributed by atoms with Crippen molar-refractivity contribution in [2.75, 3.05) is 13.2 Å². The molecule has 0 saturated heterocycles. The van der Waals surface area contributed by atoms with Gasteiger partial charge in [0.15, 0.2) is 0 Å². The fourth-order valence-corrected chi connectivity index (χ4v) is 2.89. The topological polar surface area (TPSA) is 65.1 Å². The minimum atomic E-state index is -0.0335. The van der Waals surface area contributed by atoms with Gasteiger partial charge in [-0.1, -0.05) is 32.0 Å². The van der Waals surface area contributed by atoms with E-state index < -0.39 is 0 Å². The first-order valence-electron chi connectivity index (χ1n) is 8.02. The van der Waals surface area contributed by atoms with Gasteiger partial charge >= 0.3 is 0 Å². The Balaban J connectivity index is 1.98. The van der Waals surface area contributed by atoms with Crippen LogP contribution in [0.5, 0.6) is 0 Å². The summed E-state index contributed by atoms with van der Waals surface area (Å²) >= 11 is 0. The van der Waals surface area contributed by atoms with Crippen LogP contribution in [0.4, 0.5) is 0 Å². The molecule has 1 atom stereocenters. The second kappa shape index (κ2) is 8.11. The van der Waals surface area contributed by atoms with Crippen LogP contribution in [0.1, 0.15) is 32.3 Å². The van der Waals surface area contributed by atoms with Crippen LogP contribution in [0.3, 0.4) is 0 Å². The van der Waals surface area contributed by atoms with E-state index in [1.807, 2.05) is 30.3 Å². The maximum absolute atomic E-state index is 12.1. The zero-order chi connectivity index (χ0) is 15.9. The minimum Gasteiger partial charge on any atom is -0.396 e. The van der Waals surface area contributed by atoms with Crippen molar-refractivity contribution in [3.8, 4) is 0 Å². The number of fused-ring (bicyclic) bond motifs is 1. The van der Waals surface area contributed by atoms with Crippen LogP contribution in [-0.2, 0) is 6.54 Å². The molecule has 0 aliphatic rings. The predicted octanol–water partition coefficient (Wildman–Crippen LogP) is 2.66. The average molecular weight is 302 g/mol. The van der Waals surface area contributed by atoms with Gasteiger partial charge in [-0.15, -0.1) is 0 Å². The van der Waals surface area contributed by atoms with Crippen LogP contribution in [0, 0.1) is 11.8 Å². The number of hydrogen-bond donors (Lipinski definition) is 3. The molecule has 0 bridgehead atoms. The lowest BCUT2D eigenvalue weighted by Gasteiger charge is -2.18. The summed E-state index contributed by atoms with van der Waals surface area (Å²) in [5.41, 5.74) is 1.59. The van der Waals surface area contributed by atoms with Crippen molar-refractivity contribution in [3.05, 3.63) is 46.2 Å². The maximum Gasteiger partial charge on any atom is 0.252 e. The molecule has 4 nitrogen and oxygen atoms in total. The van der Waals surface area contributed by atoms with E-state index >= 15 is 0 Å². The molecule has 4 heteroatoms. The first-order chi connectivity index (χ1) is 10.6. The van der Waals surface area contributed by atoms with Crippen molar-refractivity contribution in [1.82, 2.24) is 10.3 Å². The second-order valence-electron chi connectivity index (χ2n) is 6.35. The van der Waals surface area contributed by atoms with Gasteiger partial charge in [-0.2, -0.15) is 0 Å². The fourth-order valence-electron chi connectivity index (χ4n) is 2.89. The number of para-hydroxylation sites is 1. The summed E-state index contributed by atoms with van der Waals surface area (Å²) in [5, 5.41) is 13.6. The van der Waals surface area contributed by atoms with Gasteiger partial charge < -0.3 is 15.4 Å². The monoisotopic (exact) mass is 302 g/mol. The number of hydrogen-bond acceptors (Lipinski definition) is 3. The summed E-state index contributed by atoms with van der Waals surface area (Å²) in [6.07, 6.45) is 1.89. The first-order valence-corrected chi connectivity index (χ1v) is 8.02. The van der Waals surface area contributed by atoms with Gasteiger partial charge in [-0.05, 0) is 48.7 Å². The third-order valence-corrected chi connectivity index (χ3v) is 3.92. The fraction of sp³-hybridized carbons (Fsp3) is 0.500. The molecule has 22 heavy (non-hydrogen) atoms. The Hall–Kier alpha value is -1.65. The van der Waals surface area contributed by atoms with Crippen molar-refractivity contribution in [3.63, 3.8) is 0 Å². The summed E-state index contributed by atoms with van der Waals surface area (Å²) in [7, 11) is 0. The molecule has 0 radical (unpaired) electrons. The molecule has 0 amide bonds. The lowest BCUT2D eigenvalue weighted by molar-refractivity contribution is 0.239. The van der Waals surface area contributed by atoms with Crippen molar-refractivity contribution in [2.24, 2.45) is 11.8 Å². The summed E-state index contributed by atoms with van der Waals surface area (Å²) in [6, 6.07) is 9.75. The number of nitrogens with one attached hydrogen (secondary N) is 2. The van der Waals surface area contributed by atoms with Crippen LogP contribution in [0.15, 0.2) is 35.1 Å². The predicted molar refractivity (Wildman–Crippen MR) is 90.9 cm³/mol. The van der Waals surface area contributed by atoms with Gasteiger partial charge in [0.05, 0.1) is 0 Å². The second-order valence-corrected chi connectivity index (χ2v) is 6.35. The molecular formula is C18H26N2O2. The quantitative estimate of drug-likeness (QED) is 0.702. The largest absolute Gasteiger partial charge is 0.396 e. The highest BCUT2D eigenvalue weighted by Gasteiger charge is 2.11. The number of aromatic nitrogens is 1. The van der Waals surface area contributed by atoms with Crippen LogP contribution in [0.2, 0.25) is 0 Å². The summed E-state index contributed by atoms with van der Waals surface area (Å²) < 4.78 is 0. The normalized spacial score (nSPS) is 12.9. The van der Waals surface area contributed by atoms with E-state index in [2.05, 4.69) is 24.1 Å². The highest BCUT2D eigenvalue weighted by atomic mass is 16.3. The molecule has 0 fully saturated rings. The Kier molecular flexibility index (Phi) is 6.16. The van der Waals surface area contributed by atoms with Gasteiger partial charge in [0, 0.05) is 24.2 Å². The Morgan fingerprint density at radius 3 is 2.77 bits per heavy atom. The Labute approximate surface area is 131 Å². The van der Waals surface area contributed by atoms with Gasteiger partial charge in [0.25, 0.3) is 5.56 Å². The minimum absolute atomic E-state index is 0.0335. The third kappa shape index (κ3) is 4.68. The summed E-state index contributed by atoms with van der Waals surface area (Å²) in [4.78, 5) is 15.0. The van der Waals surface area contributed by atoms with E-state index in [1.54, 1.807) is 0 Å². The van der Waals surface area contributed by atoms with Crippen LogP contribution < -0.4 is 10.9 Å². The van der Waals surface area contributed by atoms with Crippen molar-refractivity contribution in [1.29, 1.82) is 0 Å². The molecule has 1 unspecified atom stereocenters. The number of aliphatic hydroxyl groups is 1. The molecule has 0 spiro atoms. The zero-order valence-corrected chi connectivity index (χ0v) is 13.4. The number of aromatic amines is 1. The highest BCUT2D eigenvalue weighted by molar-refractivity contribution is 5.78. The van der Waals surface area contributed by atoms with Crippen LogP contribution >= 0.6 is 0 Å². The number of rotatable bonds is 8. The summed E-state index contributed by atoms with van der Waals surface area (Å²) in [5.74, 6) is 1.06. The highest BCUT2D eigenvalue weighted by Crippen LogP contribution is 2.14. The van der Waals surface area contributed by atoms with E-state index in [4.69, 9.17) is 5.11 Å². The molecular weight excluding hydrogens is 276 g/mol. The Bertz CT molecular complexity index is 649. The van der Waals surface area contributed by atoms with Crippen molar-refractivity contribution < 1.29 is 5.11 Å². The van der Waals surface area contributed by atoms with Crippen LogP contribution in [0.25, 0.3) is 10.9 Å². The van der Waals surface area contributed by atoms with Gasteiger partial charge in [0.1, 0.15) is 0 Å². The van der Waals surface area contributed by atoms with E-state index in [0.29, 0.717) is 18.4 Å². The smallest absolute Gasteiger partial charge is 0.252 e. The van der Waals surface area contributed by atoms with E-state index in [1.165, 1.54) is 0 Å². The molecule has 2 rings (SSSR count). The van der Waals surface area contributed by atoms with E-state index in [-0.39, 0.29) is 12.2 Å². The first kappa shape index (κ1) is 16.7. The number of H-pyrrole nitrogens is 1. The molecule has 3 N–H and O–H groups in total. The van der Waals surface area contributed by atoms with Crippen molar-refractivity contribution in [2.45, 2.75) is 33.2 Å². The Morgan fingerprint density at radius 2 is 2.05 bits per heavy atom. The lowest BCUT2D eigenvalue weighted by Crippen LogP contribution is -2.27. The zero-order valence-electron chi connectivity index (χ0n) is 13.4. The van der Waals surface area contributed by atoms with Gasteiger partial charge in [0.2, 0.25) is 0 Å². The number of aliphatic hydroxyl groups excluding tert-OH is 1. The molecule has 120 valence electrons. The number of pyridine rings is 1.